The fourth-order valence-electron chi connectivity index (χ4n) is 9.07. The Morgan fingerprint density at radius 3 is 2.48 bits per heavy atom. The Labute approximate surface area is 347 Å². The molecule has 8 rings (SSSR count). The largest absolute Gasteiger partial charge is 0.488 e. The van der Waals surface area contributed by atoms with Gasteiger partial charge >= 0.3 is 12.7 Å². The van der Waals surface area contributed by atoms with E-state index in [1.807, 2.05) is 37.8 Å². The summed E-state index contributed by atoms with van der Waals surface area (Å²) in [6.07, 6.45) is 3.11. The highest BCUT2D eigenvalue weighted by atomic mass is 19.3. The third-order valence-corrected chi connectivity index (χ3v) is 12.7. The fraction of sp³-hybridized carbons (Fsp3) is 0.489. The number of nitrogens with zero attached hydrogens (tertiary/aromatic N) is 4. The molecule has 3 aliphatic heterocycles. The van der Waals surface area contributed by atoms with Gasteiger partial charge in [-0.1, -0.05) is 52.8 Å². The van der Waals surface area contributed by atoms with Crippen LogP contribution >= 0.6 is 0 Å². The average molecular weight is 826 g/mol. The molecule has 6 atom stereocenters. The van der Waals surface area contributed by atoms with Crippen molar-refractivity contribution in [2.75, 3.05) is 20.3 Å². The number of rotatable bonds is 11. The zero-order chi connectivity index (χ0) is 42.6. The first-order valence-electron chi connectivity index (χ1n) is 20.9. The second kappa shape index (κ2) is 16.5. The molecule has 0 aliphatic carbocycles. The minimum atomic E-state index is -2.93. The highest BCUT2D eigenvalue weighted by molar-refractivity contribution is 6.07. The molecule has 5 aromatic rings. The van der Waals surface area contributed by atoms with Crippen molar-refractivity contribution in [1.82, 2.24) is 35.1 Å². The summed E-state index contributed by atoms with van der Waals surface area (Å²) in [7, 11) is 1.23. The lowest BCUT2D eigenvalue weighted by Gasteiger charge is -2.31. The number of alkyl halides is 2. The Morgan fingerprint density at radius 2 is 1.75 bits per heavy atom. The Bertz CT molecular complexity index is 2430. The van der Waals surface area contributed by atoms with Crippen molar-refractivity contribution in [1.29, 1.82) is 0 Å². The lowest BCUT2D eigenvalue weighted by molar-refractivity contribution is -0.140. The van der Waals surface area contributed by atoms with Gasteiger partial charge in [0.1, 0.15) is 30.0 Å². The number of hydrogen-bond acceptors (Lipinski definition) is 8. The first kappa shape index (κ1) is 41.2. The first-order chi connectivity index (χ1) is 28.7. The van der Waals surface area contributed by atoms with E-state index < -0.39 is 24.8 Å². The predicted molar refractivity (Wildman–Crippen MR) is 222 cm³/mol. The van der Waals surface area contributed by atoms with E-state index >= 15 is 0 Å². The molecule has 0 bridgehead atoms. The monoisotopic (exact) mass is 825 g/mol. The number of methoxy groups -OCH3 is 1. The molecular weight excluding hydrogens is 773 g/mol. The minimum Gasteiger partial charge on any atom is -0.488 e. The van der Waals surface area contributed by atoms with E-state index in [2.05, 4.69) is 76.1 Å². The maximum Gasteiger partial charge on any atom is 0.407 e. The number of fused-ring (bicyclic) bond motifs is 6. The molecule has 2 aromatic heterocycles. The number of nitrogens with one attached hydrogen (secondary N) is 3. The van der Waals surface area contributed by atoms with Gasteiger partial charge < -0.3 is 39.3 Å². The molecule has 3 aliphatic rings. The zero-order valence-corrected chi connectivity index (χ0v) is 35.1. The number of carbonyl (C=O) groups is 3. The zero-order valence-electron chi connectivity index (χ0n) is 35.1. The number of imidazole rings is 2. The van der Waals surface area contributed by atoms with Crippen LogP contribution in [0.15, 0.2) is 48.7 Å². The quantitative estimate of drug-likeness (QED) is 0.120. The van der Waals surface area contributed by atoms with Crippen LogP contribution < -0.4 is 10.1 Å². The molecule has 0 radical (unpaired) electrons. The van der Waals surface area contributed by atoms with Gasteiger partial charge in [-0.15, -0.1) is 0 Å². The van der Waals surface area contributed by atoms with E-state index in [1.165, 1.54) is 7.11 Å². The van der Waals surface area contributed by atoms with Crippen LogP contribution in [0.25, 0.3) is 44.2 Å². The number of aromatic nitrogens is 4. The number of H-pyrrole nitrogens is 2. The average Bonchev–Trinajstić information content (AvgIpc) is 4.05. The van der Waals surface area contributed by atoms with Crippen LogP contribution in [0.4, 0.5) is 13.6 Å². The number of ether oxygens (including phenoxy) is 3. The highest BCUT2D eigenvalue weighted by Gasteiger charge is 2.42. The Hall–Kier alpha value is -5.57. The summed E-state index contributed by atoms with van der Waals surface area (Å²) in [5.74, 6) is 1.44. The van der Waals surface area contributed by atoms with Crippen LogP contribution in [0.2, 0.25) is 0 Å². The molecule has 3 N–H and O–H groups in total. The van der Waals surface area contributed by atoms with Crippen molar-refractivity contribution in [3.05, 3.63) is 65.9 Å². The van der Waals surface area contributed by atoms with Gasteiger partial charge in [-0.25, -0.2) is 14.8 Å². The van der Waals surface area contributed by atoms with Gasteiger partial charge in [-0.2, -0.15) is 8.78 Å². The molecule has 15 heteroatoms. The fourth-order valence-corrected chi connectivity index (χ4v) is 9.07. The molecule has 0 spiro atoms. The highest BCUT2D eigenvalue weighted by Crippen LogP contribution is 2.44. The van der Waals surface area contributed by atoms with E-state index in [0.717, 1.165) is 74.2 Å². The van der Waals surface area contributed by atoms with Gasteiger partial charge in [-0.05, 0) is 84.4 Å². The number of carbonyl (C=O) groups excluding carboxylic acids is 3. The van der Waals surface area contributed by atoms with E-state index in [9.17, 15) is 23.2 Å². The Morgan fingerprint density at radius 1 is 0.950 bits per heavy atom. The van der Waals surface area contributed by atoms with E-state index in [1.54, 1.807) is 11.1 Å². The lowest BCUT2D eigenvalue weighted by Crippen LogP contribution is -2.51. The summed E-state index contributed by atoms with van der Waals surface area (Å²) in [6.45, 7) is 9.29. The molecule has 3 aromatic carbocycles. The second-order valence-electron chi connectivity index (χ2n) is 17.3. The number of halogens is 2. The third-order valence-electron chi connectivity index (χ3n) is 12.7. The number of aromatic amines is 2. The lowest BCUT2D eigenvalue weighted by atomic mass is 9.92. The molecule has 3 amide bonds. The normalized spacial score (nSPS) is 21.1. The van der Waals surface area contributed by atoms with Crippen LogP contribution in [-0.4, -0.2) is 86.6 Å². The molecule has 2 fully saturated rings. The molecule has 13 nitrogen and oxygen atoms in total. The second-order valence-corrected chi connectivity index (χ2v) is 17.3. The van der Waals surface area contributed by atoms with E-state index in [4.69, 9.17) is 14.5 Å². The van der Waals surface area contributed by atoms with Crippen LogP contribution in [0, 0.1) is 23.7 Å². The third kappa shape index (κ3) is 7.67. The molecule has 2 saturated heterocycles. The Balaban J connectivity index is 1.06. The SMILES string of the molecule is COC(=O)N[C@H](C(=O)N1C[C@@H](COC(F)F)C[C@H]1c1ncc(-c2ccc3c(c2)COc2cc4c(ccc5nc([C@@H]6CC[C@H](C)N6C(=O)[C@@H](C)C(C)C)[nH]c54)cc2-3)[nH]1)C(C)C. The maximum atomic E-state index is 13.9. The van der Waals surface area contributed by atoms with Crippen molar-refractivity contribution in [3.8, 4) is 28.1 Å². The summed E-state index contributed by atoms with van der Waals surface area (Å²) >= 11 is 0. The smallest absolute Gasteiger partial charge is 0.407 e. The van der Waals surface area contributed by atoms with Crippen LogP contribution in [0.5, 0.6) is 5.75 Å². The number of likely N-dealkylation sites (tertiary alicyclic amines) is 2. The summed E-state index contributed by atoms with van der Waals surface area (Å²) in [5, 5.41) is 4.66. The van der Waals surface area contributed by atoms with E-state index in [0.29, 0.717) is 18.9 Å². The van der Waals surface area contributed by atoms with Crippen molar-refractivity contribution in [3.63, 3.8) is 0 Å². The molecule has 0 unspecified atom stereocenters. The predicted octanol–water partition coefficient (Wildman–Crippen LogP) is 8.52. The van der Waals surface area contributed by atoms with Crippen LogP contribution in [-0.2, 0) is 25.7 Å². The van der Waals surface area contributed by atoms with Gasteiger partial charge in [0.25, 0.3) is 0 Å². The molecule has 5 heterocycles. The van der Waals surface area contributed by atoms with Gasteiger partial charge in [0.2, 0.25) is 11.8 Å². The molecule has 60 heavy (non-hydrogen) atoms. The van der Waals surface area contributed by atoms with Crippen molar-refractivity contribution < 1.29 is 37.4 Å². The van der Waals surface area contributed by atoms with Crippen LogP contribution in [0.1, 0.15) is 90.1 Å². The summed E-state index contributed by atoms with van der Waals surface area (Å²) < 4.78 is 41.9. The summed E-state index contributed by atoms with van der Waals surface area (Å²) in [4.78, 5) is 60.0. The van der Waals surface area contributed by atoms with Crippen molar-refractivity contribution >= 4 is 39.7 Å². The van der Waals surface area contributed by atoms with Gasteiger partial charge in [0.05, 0.1) is 48.7 Å². The van der Waals surface area contributed by atoms with E-state index in [-0.39, 0.29) is 60.7 Å². The standard InChI is InChI=1S/C45H53F2N7O6/c1-22(2)25(6)42(55)54-24(5)8-13-35(54)41-49-33-12-10-27-16-32-30-11-9-28(15-29(30)21-59-37(32)17-31(27)39(33)51-41)34-18-48-40(50-34)36-14-26(20-60-44(46)47)19-53(36)43(56)38(23(3)4)52-45(57)58-7/h9-12,15-18,22-26,35-36,38,44H,8,13-14,19-21H2,1-7H3,(H,48,50)(H,49,51)(H,52,57)/t24-,25-,26-,35-,36-,38-/m0/s1. The number of amides is 3. The molecular formula is C45H53F2N7O6. The van der Waals surface area contributed by atoms with Gasteiger partial charge in [-0.3, -0.25) is 9.59 Å². The minimum absolute atomic E-state index is 0.0718. The summed E-state index contributed by atoms with van der Waals surface area (Å²) in [6, 6.07) is 13.1. The molecule has 0 saturated carbocycles. The first-order valence-corrected chi connectivity index (χ1v) is 20.9. The van der Waals surface area contributed by atoms with Crippen molar-refractivity contribution in [2.24, 2.45) is 23.7 Å². The van der Waals surface area contributed by atoms with Gasteiger partial charge in [0.15, 0.2) is 0 Å². The number of hydrogen-bond donors (Lipinski definition) is 3. The van der Waals surface area contributed by atoms with Crippen LogP contribution in [0.3, 0.4) is 0 Å². The maximum absolute atomic E-state index is 13.9. The Kier molecular flexibility index (Phi) is 11.3. The topological polar surface area (TPSA) is 155 Å². The van der Waals surface area contributed by atoms with Crippen molar-refractivity contribution in [2.45, 2.75) is 98.2 Å². The summed E-state index contributed by atoms with van der Waals surface area (Å²) in [5.41, 5.74) is 6.37. The number of benzene rings is 3. The molecule has 318 valence electrons. The number of alkyl carbamates (subject to hydrolysis) is 1. The van der Waals surface area contributed by atoms with Gasteiger partial charge in [0, 0.05) is 35.4 Å².